The van der Waals surface area contributed by atoms with E-state index in [-0.39, 0.29) is 0 Å². The van der Waals surface area contributed by atoms with Crippen LogP contribution in [0.15, 0.2) is 24.4 Å². The molecule has 0 saturated carbocycles. The molecule has 1 heterocycles. The topological polar surface area (TPSA) is 48.3 Å². The second-order valence-corrected chi connectivity index (χ2v) is 4.73. The molecule has 0 aliphatic carbocycles. The number of hydrogen-bond donors (Lipinski definition) is 1. The van der Waals surface area contributed by atoms with E-state index in [0.717, 1.165) is 29.2 Å². The lowest BCUT2D eigenvalue weighted by molar-refractivity contribution is 0.181. The van der Waals surface area contributed by atoms with E-state index in [4.69, 9.17) is 9.47 Å². The zero-order valence-corrected chi connectivity index (χ0v) is 12.4. The summed E-state index contributed by atoms with van der Waals surface area (Å²) >= 11 is 0. The van der Waals surface area contributed by atoms with Crippen LogP contribution in [0.2, 0.25) is 0 Å². The third-order valence-corrected chi connectivity index (χ3v) is 3.14. The Balaban J connectivity index is 2.09. The van der Waals surface area contributed by atoms with Gasteiger partial charge in [-0.1, -0.05) is 6.07 Å². The Kier molecular flexibility index (Phi) is 4.63. The number of benzene rings is 1. The van der Waals surface area contributed by atoms with Crippen molar-refractivity contribution in [2.45, 2.75) is 20.1 Å². The molecule has 5 heteroatoms. The first-order valence-corrected chi connectivity index (χ1v) is 6.53. The smallest absolute Gasteiger partial charge is 0.124 e. The average molecular weight is 275 g/mol. The van der Waals surface area contributed by atoms with Crippen molar-refractivity contribution in [3.05, 3.63) is 41.2 Å². The van der Waals surface area contributed by atoms with Gasteiger partial charge in [-0.25, -0.2) is 0 Å². The molecule has 0 unspecified atom stereocenters. The second-order valence-electron chi connectivity index (χ2n) is 4.73. The maximum absolute atomic E-state index is 5.32. The fourth-order valence-electron chi connectivity index (χ4n) is 2.18. The number of aromatic nitrogens is 2. The molecule has 0 aliphatic rings. The summed E-state index contributed by atoms with van der Waals surface area (Å²) in [5, 5.41) is 7.70. The number of rotatable bonds is 6. The van der Waals surface area contributed by atoms with E-state index in [1.807, 2.05) is 30.9 Å². The lowest BCUT2D eigenvalue weighted by Crippen LogP contribution is -2.02. The third-order valence-electron chi connectivity index (χ3n) is 3.14. The molecule has 0 spiro atoms. The highest BCUT2D eigenvalue weighted by molar-refractivity contribution is 5.46. The second kappa shape index (κ2) is 6.43. The number of nitrogens with zero attached hydrogens (tertiary/aromatic N) is 2. The average Bonchev–Trinajstić information content (AvgIpc) is 2.75. The Hall–Kier alpha value is -2.01. The molecule has 0 fully saturated rings. The van der Waals surface area contributed by atoms with Crippen LogP contribution in [0.5, 0.6) is 5.75 Å². The van der Waals surface area contributed by atoms with Crippen molar-refractivity contribution in [2.75, 3.05) is 19.5 Å². The minimum Gasteiger partial charge on any atom is -0.496 e. The summed E-state index contributed by atoms with van der Waals surface area (Å²) in [4.78, 5) is 0. The predicted octanol–water partition coefficient (Wildman–Crippen LogP) is 2.50. The van der Waals surface area contributed by atoms with Gasteiger partial charge >= 0.3 is 0 Å². The minimum absolute atomic E-state index is 0.545. The van der Waals surface area contributed by atoms with Crippen molar-refractivity contribution in [2.24, 2.45) is 7.05 Å². The van der Waals surface area contributed by atoms with Crippen LogP contribution in [0.4, 0.5) is 5.69 Å². The van der Waals surface area contributed by atoms with E-state index < -0.39 is 0 Å². The van der Waals surface area contributed by atoms with Gasteiger partial charge in [0.2, 0.25) is 0 Å². The zero-order valence-electron chi connectivity index (χ0n) is 12.4. The van der Waals surface area contributed by atoms with Crippen molar-refractivity contribution in [3.63, 3.8) is 0 Å². The normalized spacial score (nSPS) is 10.6. The summed E-state index contributed by atoms with van der Waals surface area (Å²) < 4.78 is 12.3. The molecule has 1 aromatic carbocycles. The summed E-state index contributed by atoms with van der Waals surface area (Å²) in [6.45, 7) is 3.28. The van der Waals surface area contributed by atoms with Gasteiger partial charge in [0.25, 0.3) is 0 Å². The van der Waals surface area contributed by atoms with Crippen LogP contribution in [0.25, 0.3) is 0 Å². The van der Waals surface area contributed by atoms with Crippen LogP contribution >= 0.6 is 0 Å². The maximum atomic E-state index is 5.32. The Morgan fingerprint density at radius 3 is 2.70 bits per heavy atom. The Morgan fingerprint density at radius 1 is 1.30 bits per heavy atom. The SMILES string of the molecule is COCc1cc(CNc2cn(C)nc2C)ccc1OC. The van der Waals surface area contributed by atoms with E-state index in [1.165, 1.54) is 5.56 Å². The Bertz CT molecular complexity index is 578. The monoisotopic (exact) mass is 275 g/mol. The highest BCUT2D eigenvalue weighted by atomic mass is 16.5. The van der Waals surface area contributed by atoms with Gasteiger partial charge in [0.1, 0.15) is 5.75 Å². The van der Waals surface area contributed by atoms with Gasteiger partial charge in [-0.05, 0) is 24.6 Å². The molecular formula is C15H21N3O2. The molecule has 1 N–H and O–H groups in total. The van der Waals surface area contributed by atoms with Crippen LogP contribution in [0.1, 0.15) is 16.8 Å². The maximum Gasteiger partial charge on any atom is 0.124 e. The number of hydrogen-bond acceptors (Lipinski definition) is 4. The summed E-state index contributed by atoms with van der Waals surface area (Å²) in [5.74, 6) is 0.855. The number of anilines is 1. The number of nitrogens with one attached hydrogen (secondary N) is 1. The van der Waals surface area contributed by atoms with Gasteiger partial charge in [-0.15, -0.1) is 0 Å². The van der Waals surface area contributed by atoms with Gasteiger partial charge in [0, 0.05) is 32.5 Å². The van der Waals surface area contributed by atoms with Crippen LogP contribution in [-0.2, 0) is 24.9 Å². The number of aryl methyl sites for hydroxylation is 2. The van der Waals surface area contributed by atoms with Crippen LogP contribution in [0.3, 0.4) is 0 Å². The first-order valence-electron chi connectivity index (χ1n) is 6.53. The van der Waals surface area contributed by atoms with Gasteiger partial charge in [-0.2, -0.15) is 5.10 Å². The Labute approximate surface area is 119 Å². The van der Waals surface area contributed by atoms with E-state index in [2.05, 4.69) is 22.5 Å². The van der Waals surface area contributed by atoms with Crippen molar-refractivity contribution >= 4 is 5.69 Å². The van der Waals surface area contributed by atoms with Gasteiger partial charge in [0.05, 0.1) is 25.1 Å². The quantitative estimate of drug-likeness (QED) is 0.880. The molecule has 2 rings (SSSR count). The molecule has 2 aromatic rings. The minimum atomic E-state index is 0.545. The summed E-state index contributed by atoms with van der Waals surface area (Å²) in [6.07, 6.45) is 1.98. The first kappa shape index (κ1) is 14.4. The van der Waals surface area contributed by atoms with E-state index in [0.29, 0.717) is 6.61 Å². The molecule has 0 aliphatic heterocycles. The molecule has 0 bridgehead atoms. The summed E-state index contributed by atoms with van der Waals surface area (Å²) in [7, 11) is 5.27. The van der Waals surface area contributed by atoms with Crippen molar-refractivity contribution < 1.29 is 9.47 Å². The van der Waals surface area contributed by atoms with E-state index in [1.54, 1.807) is 14.2 Å². The standard InChI is InChI=1S/C15H21N3O2/c1-11-14(9-18(2)17-11)16-8-12-5-6-15(20-4)13(7-12)10-19-3/h5-7,9,16H,8,10H2,1-4H3. The number of methoxy groups -OCH3 is 2. The van der Waals surface area contributed by atoms with Crippen molar-refractivity contribution in [1.29, 1.82) is 0 Å². The molecule has 20 heavy (non-hydrogen) atoms. The first-order chi connectivity index (χ1) is 9.63. The highest BCUT2D eigenvalue weighted by Gasteiger charge is 2.06. The van der Waals surface area contributed by atoms with E-state index in [9.17, 15) is 0 Å². The number of ether oxygens (including phenoxy) is 2. The third kappa shape index (κ3) is 3.30. The molecule has 5 nitrogen and oxygen atoms in total. The molecule has 0 radical (unpaired) electrons. The van der Waals surface area contributed by atoms with Gasteiger partial charge < -0.3 is 14.8 Å². The fourth-order valence-corrected chi connectivity index (χ4v) is 2.18. The fraction of sp³-hybridized carbons (Fsp3) is 0.400. The predicted molar refractivity (Wildman–Crippen MR) is 79.0 cm³/mol. The summed E-state index contributed by atoms with van der Waals surface area (Å²) in [6, 6.07) is 6.12. The molecule has 1 aromatic heterocycles. The zero-order chi connectivity index (χ0) is 14.5. The molecule has 0 saturated heterocycles. The molecule has 108 valence electrons. The molecule has 0 atom stereocenters. The van der Waals surface area contributed by atoms with Gasteiger partial charge in [0.15, 0.2) is 0 Å². The van der Waals surface area contributed by atoms with Crippen LogP contribution in [-0.4, -0.2) is 24.0 Å². The van der Waals surface area contributed by atoms with E-state index >= 15 is 0 Å². The van der Waals surface area contributed by atoms with Crippen LogP contribution in [0, 0.1) is 6.92 Å². The Morgan fingerprint density at radius 2 is 2.10 bits per heavy atom. The van der Waals surface area contributed by atoms with Crippen molar-refractivity contribution in [3.8, 4) is 5.75 Å². The van der Waals surface area contributed by atoms with Crippen LogP contribution < -0.4 is 10.1 Å². The molecule has 0 amide bonds. The van der Waals surface area contributed by atoms with Gasteiger partial charge in [-0.3, -0.25) is 4.68 Å². The lowest BCUT2D eigenvalue weighted by Gasteiger charge is -2.11. The molecular weight excluding hydrogens is 254 g/mol. The van der Waals surface area contributed by atoms with Crippen molar-refractivity contribution in [1.82, 2.24) is 9.78 Å². The largest absolute Gasteiger partial charge is 0.496 e. The highest BCUT2D eigenvalue weighted by Crippen LogP contribution is 2.21. The summed E-state index contributed by atoms with van der Waals surface area (Å²) in [5.41, 5.74) is 4.29. The lowest BCUT2D eigenvalue weighted by atomic mass is 10.1.